The third-order valence-corrected chi connectivity index (χ3v) is 3.30. The second kappa shape index (κ2) is 4.92. The molecule has 1 unspecified atom stereocenters. The molecule has 2 rings (SSSR count). The van der Waals surface area contributed by atoms with Gasteiger partial charge in [0.05, 0.1) is 12.3 Å². The van der Waals surface area contributed by atoms with Gasteiger partial charge in [0, 0.05) is 5.41 Å². The number of hydrogen-bond acceptors (Lipinski definition) is 3. The van der Waals surface area contributed by atoms with Crippen molar-refractivity contribution < 1.29 is 8.81 Å². The highest BCUT2D eigenvalue weighted by Gasteiger charge is 2.33. The van der Waals surface area contributed by atoms with Gasteiger partial charge in [0.25, 0.3) is 0 Å². The van der Waals surface area contributed by atoms with Crippen LogP contribution >= 0.6 is 0 Å². The zero-order valence-electron chi connectivity index (χ0n) is 10.5. The number of nitrogens with two attached hydrogens (primary N) is 1. The molecule has 0 amide bonds. The number of hydrazine groups is 1. The molecular formula is C14H17FN2O. The van der Waals surface area contributed by atoms with Gasteiger partial charge < -0.3 is 4.42 Å². The van der Waals surface area contributed by atoms with Crippen LogP contribution in [0.2, 0.25) is 0 Å². The molecule has 96 valence electrons. The van der Waals surface area contributed by atoms with Crippen LogP contribution in [0.15, 0.2) is 47.1 Å². The fourth-order valence-corrected chi connectivity index (χ4v) is 2.15. The van der Waals surface area contributed by atoms with Gasteiger partial charge in [-0.15, -0.1) is 0 Å². The lowest BCUT2D eigenvalue weighted by Crippen LogP contribution is -2.40. The van der Waals surface area contributed by atoms with Crippen LogP contribution in [0, 0.1) is 5.82 Å². The van der Waals surface area contributed by atoms with E-state index in [0.29, 0.717) is 0 Å². The molecule has 0 saturated carbocycles. The Kier molecular flexibility index (Phi) is 3.50. The van der Waals surface area contributed by atoms with Gasteiger partial charge in [0.2, 0.25) is 0 Å². The van der Waals surface area contributed by atoms with Crippen LogP contribution in [0.25, 0.3) is 0 Å². The molecule has 0 fully saturated rings. The minimum absolute atomic E-state index is 0.182. The molecule has 0 aliphatic heterocycles. The van der Waals surface area contributed by atoms with Crippen LogP contribution in [0.3, 0.4) is 0 Å². The number of benzene rings is 1. The molecule has 2 aromatic rings. The van der Waals surface area contributed by atoms with Crippen molar-refractivity contribution in [2.75, 3.05) is 0 Å². The Hall–Kier alpha value is -1.65. The minimum Gasteiger partial charge on any atom is -0.468 e. The molecule has 3 nitrogen and oxygen atoms in total. The molecule has 0 radical (unpaired) electrons. The zero-order valence-corrected chi connectivity index (χ0v) is 10.5. The Morgan fingerprint density at radius 2 is 1.89 bits per heavy atom. The topological polar surface area (TPSA) is 51.2 Å². The largest absolute Gasteiger partial charge is 0.468 e. The fraction of sp³-hybridized carbons (Fsp3) is 0.286. The Morgan fingerprint density at radius 1 is 1.22 bits per heavy atom. The minimum atomic E-state index is -0.319. The van der Waals surface area contributed by atoms with E-state index in [1.54, 1.807) is 18.4 Å². The van der Waals surface area contributed by atoms with Crippen molar-refractivity contribution in [1.29, 1.82) is 0 Å². The number of nitrogens with one attached hydrogen (secondary N) is 1. The van der Waals surface area contributed by atoms with Crippen LogP contribution in [0.5, 0.6) is 0 Å². The fourth-order valence-electron chi connectivity index (χ4n) is 2.15. The molecule has 0 spiro atoms. The Morgan fingerprint density at radius 3 is 2.39 bits per heavy atom. The van der Waals surface area contributed by atoms with Gasteiger partial charge in [-0.05, 0) is 29.8 Å². The molecule has 0 bridgehead atoms. The van der Waals surface area contributed by atoms with Crippen LogP contribution < -0.4 is 11.3 Å². The lowest BCUT2D eigenvalue weighted by molar-refractivity contribution is 0.300. The van der Waals surface area contributed by atoms with Crippen molar-refractivity contribution in [2.24, 2.45) is 5.84 Å². The van der Waals surface area contributed by atoms with E-state index in [1.807, 2.05) is 26.0 Å². The normalized spacial score (nSPS) is 13.6. The van der Waals surface area contributed by atoms with Crippen molar-refractivity contribution in [1.82, 2.24) is 5.43 Å². The highest BCUT2D eigenvalue weighted by Crippen LogP contribution is 2.36. The highest BCUT2D eigenvalue weighted by atomic mass is 19.1. The summed E-state index contributed by atoms with van der Waals surface area (Å²) in [6, 6.07) is 9.94. The predicted octanol–water partition coefficient (Wildman–Crippen LogP) is 2.90. The maximum Gasteiger partial charge on any atom is 0.123 e. The van der Waals surface area contributed by atoms with Gasteiger partial charge in [-0.2, -0.15) is 0 Å². The second-order valence-electron chi connectivity index (χ2n) is 4.84. The monoisotopic (exact) mass is 248 g/mol. The van der Waals surface area contributed by atoms with Crippen LogP contribution in [0.4, 0.5) is 4.39 Å². The first-order valence-electron chi connectivity index (χ1n) is 5.81. The standard InChI is InChI=1S/C14H17FN2O/c1-14(2,10-5-7-11(15)8-6-10)13(17-16)12-4-3-9-18-12/h3-9,13,17H,16H2,1-2H3. The SMILES string of the molecule is CC(C)(c1ccc(F)cc1)C(NN)c1ccco1. The summed E-state index contributed by atoms with van der Waals surface area (Å²) in [5.41, 5.74) is 3.44. The van der Waals surface area contributed by atoms with E-state index >= 15 is 0 Å². The summed E-state index contributed by atoms with van der Waals surface area (Å²) >= 11 is 0. The zero-order chi connectivity index (χ0) is 13.2. The molecule has 1 heterocycles. The Balaban J connectivity index is 2.36. The number of halogens is 1. The smallest absolute Gasteiger partial charge is 0.123 e. The molecule has 0 saturated heterocycles. The summed E-state index contributed by atoms with van der Waals surface area (Å²) in [5, 5.41) is 0. The van der Waals surface area contributed by atoms with E-state index in [-0.39, 0.29) is 17.3 Å². The van der Waals surface area contributed by atoms with Gasteiger partial charge in [0.15, 0.2) is 0 Å². The van der Waals surface area contributed by atoms with E-state index < -0.39 is 0 Å². The Bertz CT molecular complexity index is 491. The first-order chi connectivity index (χ1) is 8.55. The third-order valence-electron chi connectivity index (χ3n) is 3.30. The summed E-state index contributed by atoms with van der Waals surface area (Å²) in [7, 11) is 0. The summed E-state index contributed by atoms with van der Waals surface area (Å²) in [6.07, 6.45) is 1.61. The molecule has 1 aromatic heterocycles. The summed E-state index contributed by atoms with van der Waals surface area (Å²) < 4.78 is 18.4. The van der Waals surface area contributed by atoms with Gasteiger partial charge in [-0.1, -0.05) is 26.0 Å². The maximum atomic E-state index is 13.0. The van der Waals surface area contributed by atoms with Gasteiger partial charge in [0.1, 0.15) is 11.6 Å². The third kappa shape index (κ3) is 2.30. The number of rotatable bonds is 4. The first kappa shape index (κ1) is 12.8. The predicted molar refractivity (Wildman–Crippen MR) is 68.2 cm³/mol. The number of hydrogen-bond donors (Lipinski definition) is 2. The average Bonchev–Trinajstić information content (AvgIpc) is 2.84. The van der Waals surface area contributed by atoms with Crippen LogP contribution in [0.1, 0.15) is 31.2 Å². The van der Waals surface area contributed by atoms with Crippen LogP contribution in [-0.4, -0.2) is 0 Å². The van der Waals surface area contributed by atoms with E-state index in [4.69, 9.17) is 10.3 Å². The molecule has 1 atom stereocenters. The Labute approximate surface area is 106 Å². The van der Waals surface area contributed by atoms with E-state index in [0.717, 1.165) is 11.3 Å². The quantitative estimate of drug-likeness (QED) is 0.646. The molecule has 18 heavy (non-hydrogen) atoms. The highest BCUT2D eigenvalue weighted by molar-refractivity contribution is 5.28. The number of furan rings is 1. The molecule has 4 heteroatoms. The van der Waals surface area contributed by atoms with Crippen LogP contribution in [-0.2, 0) is 5.41 Å². The van der Waals surface area contributed by atoms with Gasteiger partial charge in [-0.25, -0.2) is 9.82 Å². The lowest BCUT2D eigenvalue weighted by atomic mass is 9.77. The van der Waals surface area contributed by atoms with Crippen molar-refractivity contribution in [3.05, 3.63) is 59.8 Å². The molecule has 0 aliphatic rings. The molecule has 0 aliphatic carbocycles. The van der Waals surface area contributed by atoms with E-state index in [2.05, 4.69) is 5.43 Å². The summed E-state index contributed by atoms with van der Waals surface area (Å²) in [6.45, 7) is 4.07. The van der Waals surface area contributed by atoms with Gasteiger partial charge in [-0.3, -0.25) is 5.84 Å². The van der Waals surface area contributed by atoms with Crippen molar-refractivity contribution in [3.8, 4) is 0 Å². The second-order valence-corrected chi connectivity index (χ2v) is 4.84. The van der Waals surface area contributed by atoms with Gasteiger partial charge >= 0.3 is 0 Å². The summed E-state index contributed by atoms with van der Waals surface area (Å²) in [5.74, 6) is 6.14. The van der Waals surface area contributed by atoms with E-state index in [1.165, 1.54) is 12.1 Å². The molecule has 1 aromatic carbocycles. The first-order valence-corrected chi connectivity index (χ1v) is 5.81. The molecular weight excluding hydrogens is 231 g/mol. The van der Waals surface area contributed by atoms with Crippen molar-refractivity contribution in [2.45, 2.75) is 25.3 Å². The molecule has 3 N–H and O–H groups in total. The lowest BCUT2D eigenvalue weighted by Gasteiger charge is -2.33. The van der Waals surface area contributed by atoms with E-state index in [9.17, 15) is 4.39 Å². The average molecular weight is 248 g/mol. The summed E-state index contributed by atoms with van der Waals surface area (Å²) in [4.78, 5) is 0. The van der Waals surface area contributed by atoms with Crippen molar-refractivity contribution >= 4 is 0 Å². The maximum absolute atomic E-state index is 13.0. The van der Waals surface area contributed by atoms with Crippen molar-refractivity contribution in [3.63, 3.8) is 0 Å².